The first kappa shape index (κ1) is 18.3. The summed E-state index contributed by atoms with van der Waals surface area (Å²) in [5.74, 6) is 0.530. The Labute approximate surface area is 160 Å². The van der Waals surface area contributed by atoms with E-state index in [1.54, 1.807) is 6.07 Å². The molecule has 2 N–H and O–H groups in total. The monoisotopic (exact) mass is 387 g/mol. The first-order chi connectivity index (χ1) is 12.5. The highest BCUT2D eigenvalue weighted by atomic mass is 35.5. The highest BCUT2D eigenvalue weighted by Crippen LogP contribution is 2.26. The number of nitrogens with zero attached hydrogens (tertiary/aromatic N) is 3. The number of nitrogens with one attached hydrogen (secondary N) is 2. The molecule has 0 atom stereocenters. The number of anilines is 3. The smallest absolute Gasteiger partial charge is 0.230 e. The van der Waals surface area contributed by atoms with Crippen LogP contribution in [0.3, 0.4) is 0 Å². The number of carbonyl (C=O) groups is 1. The van der Waals surface area contributed by atoms with E-state index in [4.69, 9.17) is 11.6 Å². The van der Waals surface area contributed by atoms with Gasteiger partial charge in [0.1, 0.15) is 12.1 Å². The molecule has 6 nitrogen and oxygen atoms in total. The molecule has 0 spiro atoms. The summed E-state index contributed by atoms with van der Waals surface area (Å²) in [6, 6.07) is 7.39. The fourth-order valence-electron chi connectivity index (χ4n) is 2.35. The normalized spacial score (nSPS) is 10.6. The summed E-state index contributed by atoms with van der Waals surface area (Å²) in [6.45, 7) is 3.94. The zero-order valence-corrected chi connectivity index (χ0v) is 16.0. The molecule has 0 aliphatic rings. The number of hydrogen-bond donors (Lipinski definition) is 2. The van der Waals surface area contributed by atoms with Gasteiger partial charge in [0, 0.05) is 17.1 Å². The maximum atomic E-state index is 12.3. The van der Waals surface area contributed by atoms with Gasteiger partial charge in [-0.3, -0.25) is 4.79 Å². The van der Waals surface area contributed by atoms with Crippen LogP contribution in [-0.4, -0.2) is 20.9 Å². The summed E-state index contributed by atoms with van der Waals surface area (Å²) in [4.78, 5) is 25.1. The molecule has 2 heterocycles. The van der Waals surface area contributed by atoms with Gasteiger partial charge in [-0.15, -0.1) is 11.3 Å². The van der Waals surface area contributed by atoms with Crippen molar-refractivity contribution in [2.24, 2.45) is 0 Å². The minimum Gasteiger partial charge on any atom is -0.324 e. The van der Waals surface area contributed by atoms with Gasteiger partial charge < -0.3 is 10.6 Å². The van der Waals surface area contributed by atoms with Crippen LogP contribution in [0, 0.1) is 6.92 Å². The number of aromatic nitrogens is 3. The molecular formula is C18H18ClN5OS. The van der Waals surface area contributed by atoms with E-state index < -0.39 is 0 Å². The lowest BCUT2D eigenvalue weighted by atomic mass is 10.2. The zero-order valence-electron chi connectivity index (χ0n) is 14.4. The number of amides is 1. The van der Waals surface area contributed by atoms with E-state index in [1.165, 1.54) is 17.7 Å². The average Bonchev–Trinajstić information content (AvgIpc) is 3.05. The molecule has 3 rings (SSSR count). The lowest BCUT2D eigenvalue weighted by Gasteiger charge is -2.09. The third-order valence-corrected chi connectivity index (χ3v) is 4.82. The van der Waals surface area contributed by atoms with E-state index in [0.29, 0.717) is 27.4 Å². The minimum absolute atomic E-state index is 0.159. The second-order valence-electron chi connectivity index (χ2n) is 5.67. The van der Waals surface area contributed by atoms with Crippen molar-refractivity contribution in [2.75, 3.05) is 10.6 Å². The first-order valence-electron chi connectivity index (χ1n) is 8.12. The standard InChI is InChI=1S/C18H18ClN5OS/c1-3-12-7-15(21-10-20-12)23-18-22-13(9-26-18)8-16(25)24-17-11(2)5-4-6-14(17)19/h4-7,9-10H,3,8H2,1-2H3,(H,24,25)(H,20,21,22,23). The second-order valence-corrected chi connectivity index (χ2v) is 6.94. The van der Waals surface area contributed by atoms with E-state index >= 15 is 0 Å². The molecule has 0 fully saturated rings. The average molecular weight is 388 g/mol. The third kappa shape index (κ3) is 4.56. The molecule has 3 aromatic rings. The summed E-state index contributed by atoms with van der Waals surface area (Å²) in [5.41, 5.74) is 3.20. The Morgan fingerprint density at radius 3 is 2.88 bits per heavy atom. The van der Waals surface area contributed by atoms with Crippen molar-refractivity contribution in [1.29, 1.82) is 0 Å². The molecule has 26 heavy (non-hydrogen) atoms. The first-order valence-corrected chi connectivity index (χ1v) is 9.38. The van der Waals surface area contributed by atoms with Crippen LogP contribution in [-0.2, 0) is 17.6 Å². The van der Waals surface area contributed by atoms with Crippen molar-refractivity contribution in [2.45, 2.75) is 26.7 Å². The van der Waals surface area contributed by atoms with Crippen molar-refractivity contribution < 1.29 is 4.79 Å². The van der Waals surface area contributed by atoms with Gasteiger partial charge in [0.15, 0.2) is 5.13 Å². The quantitative estimate of drug-likeness (QED) is 0.656. The topological polar surface area (TPSA) is 79.8 Å². The number of benzene rings is 1. The van der Waals surface area contributed by atoms with Crippen LogP contribution in [0.1, 0.15) is 23.9 Å². The van der Waals surface area contributed by atoms with Crippen LogP contribution in [0.5, 0.6) is 0 Å². The molecule has 0 bridgehead atoms. The van der Waals surface area contributed by atoms with Crippen molar-refractivity contribution >= 4 is 45.5 Å². The number of hydrogen-bond acceptors (Lipinski definition) is 6. The van der Waals surface area contributed by atoms with E-state index in [-0.39, 0.29) is 12.3 Å². The Balaban J connectivity index is 1.63. The highest BCUT2D eigenvalue weighted by molar-refractivity contribution is 7.13. The van der Waals surface area contributed by atoms with Crippen LogP contribution in [0.15, 0.2) is 36.0 Å². The third-order valence-electron chi connectivity index (χ3n) is 3.70. The molecule has 2 aromatic heterocycles. The number of carbonyl (C=O) groups excluding carboxylic acids is 1. The minimum atomic E-state index is -0.159. The van der Waals surface area contributed by atoms with Gasteiger partial charge in [0.2, 0.25) is 5.91 Å². The lowest BCUT2D eigenvalue weighted by molar-refractivity contribution is -0.115. The molecule has 0 aliphatic carbocycles. The van der Waals surface area contributed by atoms with Crippen LogP contribution < -0.4 is 10.6 Å². The van der Waals surface area contributed by atoms with Gasteiger partial charge in [0.25, 0.3) is 0 Å². The fraction of sp³-hybridized carbons (Fsp3) is 0.222. The predicted molar refractivity (Wildman–Crippen MR) is 105 cm³/mol. The molecule has 0 saturated carbocycles. The number of para-hydroxylation sites is 1. The zero-order chi connectivity index (χ0) is 18.5. The molecule has 0 saturated heterocycles. The van der Waals surface area contributed by atoms with E-state index in [2.05, 4.69) is 25.6 Å². The maximum Gasteiger partial charge on any atom is 0.230 e. The summed E-state index contributed by atoms with van der Waals surface area (Å²) < 4.78 is 0. The van der Waals surface area contributed by atoms with Crippen molar-refractivity contribution in [3.8, 4) is 0 Å². The van der Waals surface area contributed by atoms with Gasteiger partial charge in [-0.05, 0) is 25.0 Å². The molecule has 8 heteroatoms. The van der Waals surface area contributed by atoms with E-state index in [0.717, 1.165) is 17.7 Å². The molecule has 0 unspecified atom stereocenters. The largest absolute Gasteiger partial charge is 0.324 e. The van der Waals surface area contributed by atoms with E-state index in [9.17, 15) is 4.79 Å². The lowest BCUT2D eigenvalue weighted by Crippen LogP contribution is -2.15. The Morgan fingerprint density at radius 1 is 1.27 bits per heavy atom. The second kappa shape index (κ2) is 8.25. The Morgan fingerprint density at radius 2 is 2.12 bits per heavy atom. The SMILES string of the molecule is CCc1cc(Nc2nc(CC(=O)Nc3c(C)cccc3Cl)cs2)ncn1. The molecule has 134 valence electrons. The number of thiazole rings is 1. The molecule has 1 amide bonds. The van der Waals surface area contributed by atoms with Gasteiger partial charge in [-0.2, -0.15) is 0 Å². The Kier molecular flexibility index (Phi) is 5.80. The number of halogens is 1. The van der Waals surface area contributed by atoms with Crippen molar-refractivity contribution in [3.05, 3.63) is 57.9 Å². The van der Waals surface area contributed by atoms with Gasteiger partial charge >= 0.3 is 0 Å². The molecular weight excluding hydrogens is 370 g/mol. The van der Waals surface area contributed by atoms with Crippen LogP contribution in [0.4, 0.5) is 16.6 Å². The molecule has 1 aromatic carbocycles. The summed E-state index contributed by atoms with van der Waals surface area (Å²) in [6.07, 6.45) is 2.53. The van der Waals surface area contributed by atoms with Crippen LogP contribution in [0.25, 0.3) is 0 Å². The van der Waals surface area contributed by atoms with Crippen LogP contribution >= 0.6 is 22.9 Å². The van der Waals surface area contributed by atoms with Gasteiger partial charge in [-0.25, -0.2) is 15.0 Å². The molecule has 0 radical (unpaired) electrons. The van der Waals surface area contributed by atoms with Gasteiger partial charge in [0.05, 0.1) is 22.8 Å². The van der Waals surface area contributed by atoms with E-state index in [1.807, 2.05) is 37.4 Å². The Bertz CT molecular complexity index is 907. The van der Waals surface area contributed by atoms with Gasteiger partial charge in [-0.1, -0.05) is 30.7 Å². The molecule has 0 aliphatic heterocycles. The van der Waals surface area contributed by atoms with Crippen molar-refractivity contribution in [3.63, 3.8) is 0 Å². The maximum absolute atomic E-state index is 12.3. The number of rotatable bonds is 6. The highest BCUT2D eigenvalue weighted by Gasteiger charge is 2.12. The Hall–Kier alpha value is -2.51. The van der Waals surface area contributed by atoms with Crippen LogP contribution in [0.2, 0.25) is 5.02 Å². The summed E-state index contributed by atoms with van der Waals surface area (Å²) in [5, 5.41) is 9.05. The predicted octanol–water partition coefficient (Wildman–Crippen LogP) is 4.38. The van der Waals surface area contributed by atoms with Crippen molar-refractivity contribution in [1.82, 2.24) is 15.0 Å². The number of aryl methyl sites for hydroxylation is 2. The fourth-order valence-corrected chi connectivity index (χ4v) is 3.34. The summed E-state index contributed by atoms with van der Waals surface area (Å²) in [7, 11) is 0. The summed E-state index contributed by atoms with van der Waals surface area (Å²) >= 11 is 7.57.